The van der Waals surface area contributed by atoms with Crippen molar-refractivity contribution in [3.8, 4) is 5.75 Å². The topological polar surface area (TPSA) is 143 Å². The number of hydrogen-bond donors (Lipinski definition) is 1. The van der Waals surface area contributed by atoms with Crippen LogP contribution in [0.2, 0.25) is 0 Å². The monoisotopic (exact) mass is 609 g/mol. The van der Waals surface area contributed by atoms with E-state index in [1.165, 1.54) is 23.6 Å². The van der Waals surface area contributed by atoms with Crippen molar-refractivity contribution in [1.29, 1.82) is 0 Å². The number of aromatic nitrogens is 2. The molecule has 0 aliphatic carbocycles. The number of amides is 1. The predicted octanol–water partition coefficient (Wildman–Crippen LogP) is 4.72. The number of carbonyl (C=O) groups is 1. The minimum atomic E-state index is -3.41. The van der Waals surface area contributed by atoms with Crippen molar-refractivity contribution >= 4 is 39.8 Å². The Morgan fingerprint density at radius 1 is 1.20 bits per heavy atom. The summed E-state index contributed by atoms with van der Waals surface area (Å²) in [7, 11) is -5.04. The van der Waals surface area contributed by atoms with Crippen molar-refractivity contribution in [2.45, 2.75) is 43.5 Å². The molecular formula is C26H32N3O8PS2. The van der Waals surface area contributed by atoms with Crippen LogP contribution in [0.25, 0.3) is 0 Å². The number of anilines is 1. The highest BCUT2D eigenvalue weighted by molar-refractivity contribution is 7.90. The van der Waals surface area contributed by atoms with E-state index in [2.05, 4.69) is 15.3 Å². The minimum absolute atomic E-state index is 0.00628. The zero-order chi connectivity index (χ0) is 28.8. The Labute approximate surface area is 237 Å². The first-order chi connectivity index (χ1) is 19.1. The molecule has 1 amide bonds. The van der Waals surface area contributed by atoms with E-state index in [1.54, 1.807) is 30.7 Å². The first kappa shape index (κ1) is 30.3. The van der Waals surface area contributed by atoms with Crippen molar-refractivity contribution in [2.75, 3.05) is 38.5 Å². The number of nitrogens with zero attached hydrogens (tertiary/aromatic N) is 2. The second-order valence-electron chi connectivity index (χ2n) is 9.31. The average Bonchev–Trinajstić information content (AvgIpc) is 3.34. The highest BCUT2D eigenvalue weighted by Crippen LogP contribution is 2.53. The molecule has 216 valence electrons. The van der Waals surface area contributed by atoms with Gasteiger partial charge in [0.1, 0.15) is 11.9 Å². The van der Waals surface area contributed by atoms with Crippen molar-refractivity contribution in [2.24, 2.45) is 0 Å². The van der Waals surface area contributed by atoms with Crippen LogP contribution in [0.5, 0.6) is 5.75 Å². The fourth-order valence-electron chi connectivity index (χ4n) is 3.95. The number of benzene rings is 1. The quantitative estimate of drug-likeness (QED) is 0.287. The summed E-state index contributed by atoms with van der Waals surface area (Å²) in [5, 5.41) is 4.86. The molecule has 14 heteroatoms. The number of rotatable bonds is 12. The first-order valence-electron chi connectivity index (χ1n) is 12.7. The van der Waals surface area contributed by atoms with Crippen LogP contribution in [-0.2, 0) is 40.8 Å². The lowest BCUT2D eigenvalue weighted by atomic mass is 10.0. The molecule has 1 atom stereocenters. The summed E-state index contributed by atoms with van der Waals surface area (Å²) in [6.45, 7) is 3.13. The van der Waals surface area contributed by atoms with Gasteiger partial charge in [0.25, 0.3) is 5.91 Å². The van der Waals surface area contributed by atoms with Gasteiger partial charge < -0.3 is 18.5 Å². The van der Waals surface area contributed by atoms with Crippen LogP contribution < -0.4 is 10.1 Å². The molecule has 4 rings (SSSR count). The van der Waals surface area contributed by atoms with Crippen molar-refractivity contribution in [1.82, 2.24) is 9.97 Å². The van der Waals surface area contributed by atoms with Crippen LogP contribution in [0.15, 0.2) is 46.9 Å². The lowest BCUT2D eigenvalue weighted by molar-refractivity contribution is 0.0786. The van der Waals surface area contributed by atoms with Gasteiger partial charge in [0.05, 0.1) is 31.7 Å². The smallest absolute Gasteiger partial charge is 0.336 e. The maximum absolute atomic E-state index is 13.3. The number of hydrogen-bond acceptors (Lipinski definition) is 11. The fraction of sp³-hybridized carbons (Fsp3) is 0.423. The number of pyridine rings is 1. The normalized spacial score (nSPS) is 15.9. The van der Waals surface area contributed by atoms with Gasteiger partial charge in [0.2, 0.25) is 0 Å². The Kier molecular flexibility index (Phi) is 10.1. The number of ether oxygens (including phenoxy) is 2. The van der Waals surface area contributed by atoms with Crippen LogP contribution in [0.4, 0.5) is 5.13 Å². The van der Waals surface area contributed by atoms with Gasteiger partial charge in [0, 0.05) is 30.5 Å². The van der Waals surface area contributed by atoms with Crippen LogP contribution in [0.1, 0.15) is 46.9 Å². The molecule has 3 heterocycles. The maximum Gasteiger partial charge on any atom is 0.336 e. The van der Waals surface area contributed by atoms with Gasteiger partial charge in [-0.25, -0.2) is 18.4 Å². The molecule has 1 aliphatic heterocycles. The zero-order valence-corrected chi connectivity index (χ0v) is 25.0. The molecule has 0 bridgehead atoms. The first-order valence-corrected chi connectivity index (χ1v) is 17.2. The summed E-state index contributed by atoms with van der Waals surface area (Å²) in [6.07, 6.45) is 4.24. The number of methoxy groups -OCH3 is 1. The molecule has 40 heavy (non-hydrogen) atoms. The van der Waals surface area contributed by atoms with Gasteiger partial charge in [-0.1, -0.05) is 13.0 Å². The fourth-order valence-corrected chi connectivity index (χ4v) is 6.96. The third-order valence-electron chi connectivity index (χ3n) is 5.92. The average molecular weight is 610 g/mol. The molecule has 11 nitrogen and oxygen atoms in total. The second kappa shape index (κ2) is 13.3. The largest absolute Gasteiger partial charge is 0.488 e. The number of sulfone groups is 1. The summed E-state index contributed by atoms with van der Waals surface area (Å²) in [6, 6.07) is 8.38. The summed E-state index contributed by atoms with van der Waals surface area (Å²) in [5.74, 6) is 0.103. The lowest BCUT2D eigenvalue weighted by Crippen LogP contribution is -2.21. The molecule has 0 saturated carbocycles. The van der Waals surface area contributed by atoms with Gasteiger partial charge in [-0.05, 0) is 54.7 Å². The third-order valence-corrected chi connectivity index (χ3v) is 9.59. The SMILES string of the molecule is CC[C@H](COC)Oc1cc(Cc2ccc(S(C)(=O)=O)nc2)cc(C(=O)Nc2nc(CP3(=O)OCCCO3)cs2)c1. The molecule has 0 unspecified atom stereocenters. The standard InChI is InChI=1S/C26H32N3O8PS2/c1-4-22(15-34-2)37-23-12-19(10-18-6-7-24(27-14-18)40(3,32)33)11-20(13-23)25(30)29-26-28-21(17-39-26)16-38(31)35-8-5-9-36-38/h6-7,11-14,17,22H,4-5,8-10,15-16H2,1-3H3,(H,28,29,30)/t22-/m1/s1. The number of thiazole rings is 1. The van der Waals surface area contributed by atoms with Crippen molar-refractivity contribution in [3.05, 3.63) is 64.3 Å². The highest BCUT2D eigenvalue weighted by Gasteiger charge is 2.29. The van der Waals surface area contributed by atoms with Gasteiger partial charge in [-0.2, -0.15) is 0 Å². The molecule has 1 N–H and O–H groups in total. The van der Waals surface area contributed by atoms with E-state index >= 15 is 0 Å². The van der Waals surface area contributed by atoms with E-state index in [0.29, 0.717) is 61.2 Å². The summed E-state index contributed by atoms with van der Waals surface area (Å²) >= 11 is 1.21. The van der Waals surface area contributed by atoms with Crippen LogP contribution in [0, 0.1) is 0 Å². The van der Waals surface area contributed by atoms with E-state index < -0.39 is 23.3 Å². The Hall–Kier alpha value is -2.67. The summed E-state index contributed by atoms with van der Waals surface area (Å²) in [4.78, 5) is 21.7. The van der Waals surface area contributed by atoms with Gasteiger partial charge in [-0.15, -0.1) is 11.3 Å². The minimum Gasteiger partial charge on any atom is -0.488 e. The third kappa shape index (κ3) is 8.42. The Morgan fingerprint density at radius 2 is 1.98 bits per heavy atom. The van der Waals surface area contributed by atoms with Crippen LogP contribution in [0.3, 0.4) is 0 Å². The molecule has 0 spiro atoms. The molecule has 3 aromatic rings. The summed E-state index contributed by atoms with van der Waals surface area (Å²) in [5.41, 5.74) is 2.41. The van der Waals surface area contributed by atoms with Crippen LogP contribution in [-0.4, -0.2) is 63.6 Å². The molecule has 1 aliphatic rings. The van der Waals surface area contributed by atoms with Gasteiger partial charge >= 0.3 is 7.60 Å². The van der Waals surface area contributed by atoms with Crippen LogP contribution >= 0.6 is 18.9 Å². The molecule has 2 aromatic heterocycles. The molecule has 0 radical (unpaired) electrons. The Morgan fingerprint density at radius 3 is 2.62 bits per heavy atom. The van der Waals surface area contributed by atoms with Gasteiger partial charge in [0.15, 0.2) is 20.0 Å². The summed E-state index contributed by atoms with van der Waals surface area (Å²) < 4.78 is 58.2. The highest BCUT2D eigenvalue weighted by atomic mass is 32.2. The lowest BCUT2D eigenvalue weighted by Gasteiger charge is -2.22. The van der Waals surface area contributed by atoms with E-state index in [9.17, 15) is 17.8 Å². The van der Waals surface area contributed by atoms with Crippen molar-refractivity contribution in [3.63, 3.8) is 0 Å². The predicted molar refractivity (Wildman–Crippen MR) is 151 cm³/mol. The Bertz CT molecular complexity index is 1470. The van der Waals surface area contributed by atoms with E-state index in [-0.39, 0.29) is 17.3 Å². The Balaban J connectivity index is 1.54. The number of nitrogens with one attached hydrogen (secondary N) is 1. The maximum atomic E-state index is 13.3. The van der Waals surface area contributed by atoms with Crippen molar-refractivity contribution < 1.29 is 36.3 Å². The molecule has 1 aromatic carbocycles. The number of carbonyl (C=O) groups excluding carboxylic acids is 1. The molecule has 1 saturated heterocycles. The van der Waals surface area contributed by atoms with E-state index in [0.717, 1.165) is 17.4 Å². The van der Waals surface area contributed by atoms with E-state index in [1.807, 2.05) is 13.0 Å². The second-order valence-corrected chi connectivity index (χ2v) is 14.2. The van der Waals surface area contributed by atoms with Gasteiger partial charge in [-0.3, -0.25) is 14.7 Å². The molecular weight excluding hydrogens is 577 g/mol. The molecule has 1 fully saturated rings. The van der Waals surface area contributed by atoms with E-state index in [4.69, 9.17) is 18.5 Å². The zero-order valence-electron chi connectivity index (χ0n) is 22.5.